The highest BCUT2D eigenvalue weighted by atomic mass is 35.5. The summed E-state index contributed by atoms with van der Waals surface area (Å²) in [7, 11) is -3.74. The van der Waals surface area contributed by atoms with E-state index in [1.807, 2.05) is 0 Å². The highest BCUT2D eigenvalue weighted by molar-refractivity contribution is 7.91. The standard InChI is InChI=1S/C18H14ClNO5S/c19-15-9-12(26(23,24)11-4-2-1-3-5-11)8-13-14-10-20(18(21)22)7-6-16(14)25-17(13)15/h1-5,8-9H,6-7,10H2,(H,21,22). The number of fused-ring (bicyclic) bond motifs is 3. The number of halogens is 1. The van der Waals surface area contributed by atoms with E-state index in [9.17, 15) is 18.3 Å². The van der Waals surface area contributed by atoms with Crippen LogP contribution in [-0.2, 0) is 22.8 Å². The molecule has 6 nitrogen and oxygen atoms in total. The van der Waals surface area contributed by atoms with Gasteiger partial charge in [0.25, 0.3) is 0 Å². The molecule has 4 rings (SSSR count). The highest BCUT2D eigenvalue weighted by Crippen LogP contribution is 2.37. The predicted octanol–water partition coefficient (Wildman–Crippen LogP) is 3.96. The fourth-order valence-electron chi connectivity index (χ4n) is 3.17. The molecule has 2 heterocycles. The normalized spacial score (nSPS) is 14.4. The van der Waals surface area contributed by atoms with E-state index in [1.165, 1.54) is 29.2 Å². The lowest BCUT2D eigenvalue weighted by Crippen LogP contribution is -2.34. The Morgan fingerprint density at radius 2 is 1.88 bits per heavy atom. The topological polar surface area (TPSA) is 87.8 Å². The molecule has 1 aromatic heterocycles. The Hall–Kier alpha value is -2.51. The minimum absolute atomic E-state index is 0.0530. The summed E-state index contributed by atoms with van der Waals surface area (Å²) < 4.78 is 31.6. The van der Waals surface area contributed by atoms with Gasteiger partial charge in [0.1, 0.15) is 5.76 Å². The molecule has 1 N–H and O–H groups in total. The Kier molecular flexibility index (Phi) is 3.93. The number of amides is 1. The SMILES string of the molecule is O=C(O)N1CCc2oc3c(Cl)cc(S(=O)(=O)c4ccccc4)cc3c2C1. The van der Waals surface area contributed by atoms with E-state index in [0.29, 0.717) is 35.3 Å². The fourth-order valence-corrected chi connectivity index (χ4v) is 4.82. The summed E-state index contributed by atoms with van der Waals surface area (Å²) in [5, 5.41) is 9.96. The van der Waals surface area contributed by atoms with Gasteiger partial charge in [-0.25, -0.2) is 13.2 Å². The molecule has 1 aliphatic heterocycles. The number of nitrogens with zero attached hydrogens (tertiary/aromatic N) is 1. The smallest absolute Gasteiger partial charge is 0.407 e. The van der Waals surface area contributed by atoms with Crippen LogP contribution in [0.5, 0.6) is 0 Å². The van der Waals surface area contributed by atoms with Gasteiger partial charge in [-0.1, -0.05) is 29.8 Å². The second-order valence-electron chi connectivity index (χ2n) is 6.06. The highest BCUT2D eigenvalue weighted by Gasteiger charge is 2.28. The van der Waals surface area contributed by atoms with Crippen molar-refractivity contribution in [1.29, 1.82) is 0 Å². The number of hydrogen-bond acceptors (Lipinski definition) is 4. The Labute approximate surface area is 154 Å². The van der Waals surface area contributed by atoms with Crippen molar-refractivity contribution in [2.45, 2.75) is 22.8 Å². The first kappa shape index (κ1) is 16.9. The van der Waals surface area contributed by atoms with Gasteiger partial charge in [0.05, 0.1) is 21.4 Å². The maximum atomic E-state index is 12.9. The van der Waals surface area contributed by atoms with Crippen LogP contribution in [0.4, 0.5) is 4.79 Å². The Morgan fingerprint density at radius 1 is 1.15 bits per heavy atom. The largest absolute Gasteiger partial charge is 0.465 e. The lowest BCUT2D eigenvalue weighted by atomic mass is 10.1. The van der Waals surface area contributed by atoms with Crippen molar-refractivity contribution in [3.05, 3.63) is 58.8 Å². The van der Waals surface area contributed by atoms with Crippen molar-refractivity contribution >= 4 is 38.5 Å². The van der Waals surface area contributed by atoms with Crippen LogP contribution in [0, 0.1) is 0 Å². The molecular formula is C18H14ClNO5S. The fraction of sp³-hybridized carbons (Fsp3) is 0.167. The van der Waals surface area contributed by atoms with Crippen molar-refractivity contribution in [1.82, 2.24) is 4.90 Å². The van der Waals surface area contributed by atoms with Crippen LogP contribution in [0.25, 0.3) is 11.0 Å². The molecule has 8 heteroatoms. The maximum absolute atomic E-state index is 12.9. The number of carbonyl (C=O) groups is 1. The van der Waals surface area contributed by atoms with Gasteiger partial charge < -0.3 is 14.4 Å². The van der Waals surface area contributed by atoms with Crippen LogP contribution >= 0.6 is 11.6 Å². The average molecular weight is 392 g/mol. The third-order valence-electron chi connectivity index (χ3n) is 4.50. The van der Waals surface area contributed by atoms with Crippen molar-refractivity contribution in [3.8, 4) is 0 Å². The minimum atomic E-state index is -3.74. The van der Waals surface area contributed by atoms with Crippen LogP contribution in [0.2, 0.25) is 5.02 Å². The van der Waals surface area contributed by atoms with Gasteiger partial charge >= 0.3 is 6.09 Å². The summed E-state index contributed by atoms with van der Waals surface area (Å²) in [6, 6.07) is 11.0. The van der Waals surface area contributed by atoms with Crippen molar-refractivity contribution < 1.29 is 22.7 Å². The molecular weight excluding hydrogens is 378 g/mol. The zero-order valence-electron chi connectivity index (χ0n) is 13.5. The van der Waals surface area contributed by atoms with Gasteiger partial charge in [-0.2, -0.15) is 0 Å². The van der Waals surface area contributed by atoms with E-state index >= 15 is 0 Å². The van der Waals surface area contributed by atoms with Crippen LogP contribution in [0.15, 0.2) is 56.7 Å². The van der Waals surface area contributed by atoms with E-state index < -0.39 is 15.9 Å². The molecule has 0 bridgehead atoms. The minimum Gasteiger partial charge on any atom is -0.465 e. The van der Waals surface area contributed by atoms with Crippen molar-refractivity contribution in [2.75, 3.05) is 6.54 Å². The van der Waals surface area contributed by atoms with E-state index in [0.717, 1.165) is 0 Å². The lowest BCUT2D eigenvalue weighted by molar-refractivity contribution is 0.138. The molecule has 0 saturated carbocycles. The van der Waals surface area contributed by atoms with E-state index in [2.05, 4.69) is 0 Å². The van der Waals surface area contributed by atoms with Crippen molar-refractivity contribution in [3.63, 3.8) is 0 Å². The summed E-state index contributed by atoms with van der Waals surface area (Å²) in [5.41, 5.74) is 1.05. The van der Waals surface area contributed by atoms with Crippen LogP contribution in [0.1, 0.15) is 11.3 Å². The first-order valence-corrected chi connectivity index (χ1v) is 9.76. The molecule has 1 aliphatic rings. The molecule has 2 aromatic carbocycles. The van der Waals surface area contributed by atoms with E-state index in [4.69, 9.17) is 16.0 Å². The average Bonchev–Trinajstić information content (AvgIpc) is 3.01. The maximum Gasteiger partial charge on any atom is 0.407 e. The molecule has 134 valence electrons. The molecule has 0 saturated heterocycles. The summed E-state index contributed by atoms with van der Waals surface area (Å²) in [5.74, 6) is 0.647. The number of hydrogen-bond donors (Lipinski definition) is 1. The Bertz CT molecular complexity index is 1120. The molecule has 3 aromatic rings. The second kappa shape index (κ2) is 6.03. The number of benzene rings is 2. The third-order valence-corrected chi connectivity index (χ3v) is 6.53. The number of furan rings is 1. The van der Waals surface area contributed by atoms with Gasteiger partial charge in [0, 0.05) is 23.9 Å². The van der Waals surface area contributed by atoms with E-state index in [-0.39, 0.29) is 21.4 Å². The molecule has 0 radical (unpaired) electrons. The summed E-state index contributed by atoms with van der Waals surface area (Å²) >= 11 is 6.29. The van der Waals surface area contributed by atoms with Gasteiger partial charge in [0.15, 0.2) is 5.58 Å². The molecule has 0 unspecified atom stereocenters. The van der Waals surface area contributed by atoms with Gasteiger partial charge in [-0.3, -0.25) is 0 Å². The number of rotatable bonds is 2. The van der Waals surface area contributed by atoms with Crippen molar-refractivity contribution in [2.24, 2.45) is 0 Å². The third kappa shape index (κ3) is 2.64. The van der Waals surface area contributed by atoms with E-state index in [1.54, 1.807) is 18.2 Å². The molecule has 26 heavy (non-hydrogen) atoms. The van der Waals surface area contributed by atoms with Gasteiger partial charge in [-0.05, 0) is 24.3 Å². The summed E-state index contributed by atoms with van der Waals surface area (Å²) in [4.78, 5) is 12.8. The molecule has 0 aliphatic carbocycles. The summed E-state index contributed by atoms with van der Waals surface area (Å²) in [6.07, 6.45) is -0.600. The van der Waals surface area contributed by atoms with Gasteiger partial charge in [-0.15, -0.1) is 0 Å². The van der Waals surface area contributed by atoms with Crippen LogP contribution in [0.3, 0.4) is 0 Å². The van der Waals surface area contributed by atoms with Crippen LogP contribution in [-0.4, -0.2) is 31.1 Å². The first-order valence-electron chi connectivity index (χ1n) is 7.90. The lowest BCUT2D eigenvalue weighted by Gasteiger charge is -2.23. The Morgan fingerprint density at radius 3 is 2.58 bits per heavy atom. The molecule has 1 amide bonds. The predicted molar refractivity (Wildman–Crippen MR) is 95.3 cm³/mol. The second-order valence-corrected chi connectivity index (χ2v) is 8.41. The monoisotopic (exact) mass is 391 g/mol. The number of sulfone groups is 1. The first-order chi connectivity index (χ1) is 12.4. The molecule has 0 atom stereocenters. The number of carboxylic acid groups (broad SMARTS) is 1. The summed E-state index contributed by atoms with van der Waals surface area (Å²) in [6.45, 7) is 0.470. The molecule has 0 fully saturated rings. The quantitative estimate of drug-likeness (QED) is 0.714. The van der Waals surface area contributed by atoms with Crippen LogP contribution < -0.4 is 0 Å². The van der Waals surface area contributed by atoms with Gasteiger partial charge in [0.2, 0.25) is 9.84 Å². The molecule has 0 spiro atoms. The zero-order valence-corrected chi connectivity index (χ0v) is 15.0. The Balaban J connectivity index is 1.89. The zero-order chi connectivity index (χ0) is 18.5.